The Labute approximate surface area is 130 Å². The molecule has 0 bridgehead atoms. The van der Waals surface area contributed by atoms with Gasteiger partial charge in [0.25, 0.3) is 0 Å². The molecule has 2 N–H and O–H groups in total. The minimum atomic E-state index is -2.19. The Morgan fingerprint density at radius 3 is 3.10 bits per heavy atom. The highest BCUT2D eigenvalue weighted by Crippen LogP contribution is 2.21. The summed E-state index contributed by atoms with van der Waals surface area (Å²) in [5.41, 5.74) is 2.63. The van der Waals surface area contributed by atoms with Crippen LogP contribution in [-0.2, 0) is 17.6 Å². The van der Waals surface area contributed by atoms with E-state index in [0.717, 1.165) is 35.0 Å². The van der Waals surface area contributed by atoms with E-state index in [0.29, 0.717) is 5.31 Å². The molecule has 0 aliphatic carbocycles. The summed E-state index contributed by atoms with van der Waals surface area (Å²) in [6.45, 7) is -1.33. The van der Waals surface area contributed by atoms with Crippen LogP contribution in [0.2, 0.25) is 2.82 Å². The largest absolute Gasteiger partial charge is 0.447 e. The second-order valence-electron chi connectivity index (χ2n) is 5.52. The summed E-state index contributed by atoms with van der Waals surface area (Å²) in [5.74, 6) is 0. The first kappa shape index (κ1) is 9.84. The predicted octanol–water partition coefficient (Wildman–Crippen LogP) is 1.92. The molecule has 2 heterocycles. The van der Waals surface area contributed by atoms with Crippen molar-refractivity contribution < 1.29 is 15.1 Å². The molecular weight excluding hydrogens is 266 g/mol. The first-order valence-corrected chi connectivity index (χ1v) is 6.97. The van der Waals surface area contributed by atoms with E-state index in [2.05, 4.69) is 9.64 Å². The molecule has 0 saturated carbocycles. The molecular formula is C16H21N3O2. The number of carbonyl (C=O) groups is 1. The predicted molar refractivity (Wildman–Crippen MR) is 82.5 cm³/mol. The molecule has 21 heavy (non-hydrogen) atoms. The number of aromatic nitrogens is 1. The van der Waals surface area contributed by atoms with Gasteiger partial charge in [0.05, 0.1) is 8.78 Å². The number of fused-ring (bicyclic) bond motifs is 1. The molecule has 0 radical (unpaired) electrons. The lowest BCUT2D eigenvalue weighted by molar-refractivity contribution is 0.177. The van der Waals surface area contributed by atoms with Crippen LogP contribution in [0.5, 0.6) is 0 Å². The van der Waals surface area contributed by atoms with Gasteiger partial charge in [-0.25, -0.2) is 4.79 Å². The van der Waals surface area contributed by atoms with Gasteiger partial charge < -0.3 is 19.9 Å². The third kappa shape index (κ3) is 3.19. The highest BCUT2D eigenvalue weighted by Gasteiger charge is 2.22. The van der Waals surface area contributed by atoms with E-state index in [1.165, 1.54) is 4.98 Å². The second kappa shape index (κ2) is 5.77. The molecule has 112 valence electrons. The van der Waals surface area contributed by atoms with E-state index in [1.807, 2.05) is 26.2 Å². The number of nitrogens with one attached hydrogen (secondary N) is 2. The Hall–Kier alpha value is -2.01. The lowest BCUT2D eigenvalue weighted by Gasteiger charge is -2.09. The zero-order valence-electron chi connectivity index (χ0n) is 16.2. The van der Waals surface area contributed by atoms with Gasteiger partial charge in [-0.05, 0) is 50.2 Å². The van der Waals surface area contributed by atoms with Crippen molar-refractivity contribution in [2.45, 2.75) is 18.9 Å². The Bertz CT molecular complexity index is 806. The van der Waals surface area contributed by atoms with Gasteiger partial charge >= 0.3 is 6.09 Å². The Morgan fingerprint density at radius 1 is 1.52 bits per heavy atom. The number of cyclic esters (lactones) is 1. The topological polar surface area (TPSA) is 57.4 Å². The van der Waals surface area contributed by atoms with Crippen molar-refractivity contribution in [3.05, 3.63) is 35.5 Å². The number of likely N-dealkylation sites (N-methyl/N-ethyl adjacent to an activating group) is 1. The summed E-state index contributed by atoms with van der Waals surface area (Å²) < 4.78 is 35.9. The van der Waals surface area contributed by atoms with Crippen LogP contribution in [0.4, 0.5) is 4.79 Å². The van der Waals surface area contributed by atoms with Crippen LogP contribution in [0.1, 0.15) is 13.9 Å². The Morgan fingerprint density at radius 2 is 2.38 bits per heavy atom. The Balaban J connectivity index is 1.90. The number of aromatic amines is 1. The van der Waals surface area contributed by atoms with Crippen LogP contribution >= 0.6 is 0 Å². The summed E-state index contributed by atoms with van der Waals surface area (Å²) >= 11 is 0. The lowest BCUT2D eigenvalue weighted by atomic mass is 10.0. The number of hydrogen-bond acceptors (Lipinski definition) is 3. The zero-order chi connectivity index (χ0) is 18.4. The van der Waals surface area contributed by atoms with Gasteiger partial charge in [-0.2, -0.15) is 0 Å². The highest BCUT2D eigenvalue weighted by molar-refractivity contribution is 5.84. The van der Waals surface area contributed by atoms with Crippen LogP contribution < -0.4 is 5.31 Å². The van der Waals surface area contributed by atoms with Crippen molar-refractivity contribution in [1.29, 1.82) is 0 Å². The lowest BCUT2D eigenvalue weighted by Crippen LogP contribution is -2.28. The number of nitrogens with zero attached hydrogens (tertiary/aromatic N) is 1. The summed E-state index contributed by atoms with van der Waals surface area (Å²) in [6.07, 6.45) is 1.79. The fourth-order valence-corrected chi connectivity index (χ4v) is 2.45. The summed E-state index contributed by atoms with van der Waals surface area (Å²) in [6, 6.07) is 4.53. The maximum Gasteiger partial charge on any atom is 0.407 e. The van der Waals surface area contributed by atoms with E-state index < -0.39 is 18.7 Å². The molecule has 1 aliphatic heterocycles. The van der Waals surface area contributed by atoms with Crippen LogP contribution in [0.25, 0.3) is 10.9 Å². The van der Waals surface area contributed by atoms with Crippen LogP contribution in [0, 0.1) is 0 Å². The highest BCUT2D eigenvalue weighted by atomic mass is 16.6. The van der Waals surface area contributed by atoms with Crippen LogP contribution in [0.3, 0.4) is 0 Å². The van der Waals surface area contributed by atoms with Gasteiger partial charge in [-0.1, -0.05) is 6.07 Å². The molecule has 1 aliphatic rings. The third-order valence-corrected chi connectivity index (χ3v) is 3.57. The number of benzene rings is 1. The third-order valence-electron chi connectivity index (χ3n) is 3.57. The summed E-state index contributed by atoms with van der Waals surface area (Å²) in [4.78, 5) is 14.9. The van der Waals surface area contributed by atoms with Gasteiger partial charge in [-0.3, -0.25) is 0 Å². The van der Waals surface area contributed by atoms with Crippen molar-refractivity contribution in [2.24, 2.45) is 0 Å². The molecule has 3 rings (SSSR count). The van der Waals surface area contributed by atoms with Crippen LogP contribution in [-0.4, -0.2) is 49.2 Å². The SMILES string of the molecule is [2H]N1C(=O)OC([2H])([2H])[C@@H]1Cc1ccc2c(c1)c(CCN(C)C)cn2[2H]. The normalized spacial score (nSPS) is 23.9. The standard InChI is InChI=1S/C16H21N3O2/c1-19(2)6-5-12-9-17-15-4-3-11(8-14(12)15)7-13-10-21-16(20)18-13/h3-4,8-9,13,17H,5-7,10H2,1-2H3,(H,18,20)/t13-/m0/s1/i10D2/hD2. The first-order valence-electron chi connectivity index (χ1n) is 8.86. The molecule has 1 fully saturated rings. The summed E-state index contributed by atoms with van der Waals surface area (Å²) in [7, 11) is 3.99. The average molecular weight is 291 g/mol. The fourth-order valence-electron chi connectivity index (χ4n) is 2.45. The van der Waals surface area contributed by atoms with E-state index in [-0.39, 0.29) is 6.42 Å². The minimum Gasteiger partial charge on any atom is -0.447 e. The van der Waals surface area contributed by atoms with E-state index in [1.54, 1.807) is 12.3 Å². The maximum atomic E-state index is 11.5. The van der Waals surface area contributed by atoms with Crippen molar-refractivity contribution in [3.8, 4) is 0 Å². The molecule has 1 saturated heterocycles. The van der Waals surface area contributed by atoms with Gasteiger partial charge in [0.2, 0.25) is 0 Å². The van der Waals surface area contributed by atoms with Crippen molar-refractivity contribution >= 4 is 17.0 Å². The number of rotatable bonds is 5. The van der Waals surface area contributed by atoms with Gasteiger partial charge in [0.1, 0.15) is 6.56 Å². The van der Waals surface area contributed by atoms with Crippen molar-refractivity contribution in [3.63, 3.8) is 0 Å². The van der Waals surface area contributed by atoms with E-state index in [4.69, 9.17) is 5.57 Å². The molecule has 0 spiro atoms. The molecule has 2 aromatic rings. The number of alkyl carbamates (subject to hydrolysis) is 1. The summed E-state index contributed by atoms with van der Waals surface area (Å²) in [5, 5.41) is 1.50. The molecule has 5 nitrogen and oxygen atoms in total. The minimum absolute atomic E-state index is 0.175. The number of amides is 1. The van der Waals surface area contributed by atoms with E-state index in [9.17, 15) is 4.79 Å². The second-order valence-corrected chi connectivity index (χ2v) is 5.52. The number of hydrogen-bond donors (Lipinski definition) is 2. The smallest absolute Gasteiger partial charge is 0.407 e. The fraction of sp³-hybridized carbons (Fsp3) is 0.438. The average Bonchev–Trinajstić information content (AvgIpc) is 2.94. The van der Waals surface area contributed by atoms with Crippen LogP contribution in [0.15, 0.2) is 24.4 Å². The first-order chi connectivity index (χ1) is 11.7. The van der Waals surface area contributed by atoms with E-state index >= 15 is 0 Å². The van der Waals surface area contributed by atoms with Crippen molar-refractivity contribution in [1.82, 2.24) is 15.2 Å². The zero-order valence-corrected chi connectivity index (χ0v) is 12.2. The quantitative estimate of drug-likeness (QED) is 0.885. The maximum absolute atomic E-state index is 11.5. The molecule has 5 heteroatoms. The van der Waals surface area contributed by atoms with Crippen molar-refractivity contribution in [2.75, 3.05) is 27.2 Å². The number of H-pyrrole nitrogens is 1. The molecule has 1 aromatic heterocycles. The molecule has 1 atom stereocenters. The molecule has 0 unspecified atom stereocenters. The van der Waals surface area contributed by atoms with Gasteiger partial charge in [-0.15, -0.1) is 0 Å². The molecule has 1 aromatic carbocycles. The van der Waals surface area contributed by atoms with Gasteiger partial charge in [0.15, 0.2) is 2.82 Å². The van der Waals surface area contributed by atoms with Gasteiger partial charge in [0, 0.05) is 23.6 Å². The Kier molecular flexibility index (Phi) is 2.71. The molecule has 1 amide bonds. The number of carbonyl (C=O) groups excluding carboxylic acids is 1. The number of ether oxygens (including phenoxy) is 1. The monoisotopic (exact) mass is 291 g/mol.